The lowest BCUT2D eigenvalue weighted by atomic mass is 10.1. The number of aromatic nitrogens is 3. The van der Waals surface area contributed by atoms with E-state index in [0.717, 1.165) is 5.69 Å². The molecular weight excluding hydrogens is 449 g/mol. The van der Waals surface area contributed by atoms with Gasteiger partial charge < -0.3 is 19.8 Å². The van der Waals surface area contributed by atoms with Gasteiger partial charge in [-0.15, -0.1) is 0 Å². The van der Waals surface area contributed by atoms with Crippen molar-refractivity contribution in [3.8, 4) is 0 Å². The number of amides is 1. The summed E-state index contributed by atoms with van der Waals surface area (Å²) in [6, 6.07) is 4.96. The fraction of sp³-hybridized carbons (Fsp3) is 0.440. The molecule has 0 aromatic carbocycles. The van der Waals surface area contributed by atoms with Gasteiger partial charge >= 0.3 is 6.09 Å². The molecule has 9 nitrogen and oxygen atoms in total. The Hall–Kier alpha value is -3.69. The number of nitrogens with two attached hydrogens (primary N) is 1. The first-order valence-corrected chi connectivity index (χ1v) is 11.6. The third-order valence-corrected chi connectivity index (χ3v) is 5.78. The van der Waals surface area contributed by atoms with E-state index in [2.05, 4.69) is 19.9 Å². The van der Waals surface area contributed by atoms with Crippen LogP contribution in [-0.2, 0) is 4.74 Å². The third kappa shape index (κ3) is 5.36. The van der Waals surface area contributed by atoms with Gasteiger partial charge in [-0.2, -0.15) is 0 Å². The number of carbonyl (C=O) groups excluding carboxylic acids is 1. The number of piperazine rings is 1. The number of fused-ring (bicyclic) bond motifs is 1. The minimum atomic E-state index is -0.537. The molecule has 3 aromatic rings. The van der Waals surface area contributed by atoms with E-state index in [0.29, 0.717) is 30.2 Å². The van der Waals surface area contributed by atoms with Crippen molar-refractivity contribution in [1.82, 2.24) is 19.3 Å². The van der Waals surface area contributed by atoms with Gasteiger partial charge in [0.25, 0.3) is 0 Å². The van der Waals surface area contributed by atoms with Crippen LogP contribution in [0.15, 0.2) is 41.8 Å². The van der Waals surface area contributed by atoms with Gasteiger partial charge in [0.1, 0.15) is 11.4 Å². The van der Waals surface area contributed by atoms with E-state index in [9.17, 15) is 9.18 Å². The Morgan fingerprint density at radius 3 is 2.49 bits per heavy atom. The summed E-state index contributed by atoms with van der Waals surface area (Å²) in [6.07, 6.45) is 4.86. The van der Waals surface area contributed by atoms with Crippen LogP contribution in [0.4, 0.5) is 20.7 Å². The maximum Gasteiger partial charge on any atom is 0.410 e. The number of anilines is 1. The highest BCUT2D eigenvalue weighted by atomic mass is 19.1. The van der Waals surface area contributed by atoms with Crippen molar-refractivity contribution in [3.05, 3.63) is 53.9 Å². The molecule has 4 heterocycles. The molecule has 2 N–H and O–H groups in total. The Kier molecular flexibility index (Phi) is 6.40. The zero-order valence-corrected chi connectivity index (χ0v) is 21.0. The first kappa shape index (κ1) is 24.4. The van der Waals surface area contributed by atoms with Crippen LogP contribution in [0.5, 0.6) is 0 Å². The third-order valence-electron chi connectivity index (χ3n) is 5.78. The normalized spacial score (nSPS) is 19.3. The summed E-state index contributed by atoms with van der Waals surface area (Å²) < 4.78 is 21.6. The number of halogens is 1. The minimum absolute atomic E-state index is 0.0291. The van der Waals surface area contributed by atoms with Gasteiger partial charge in [-0.25, -0.2) is 24.1 Å². The second kappa shape index (κ2) is 9.16. The molecule has 0 aliphatic carbocycles. The quantitative estimate of drug-likeness (QED) is 0.447. The highest BCUT2D eigenvalue weighted by Crippen LogP contribution is 2.25. The molecule has 0 saturated carbocycles. The smallest absolute Gasteiger partial charge is 0.410 e. The van der Waals surface area contributed by atoms with Gasteiger partial charge in [-0.1, -0.05) is 0 Å². The number of hydrogen-bond acceptors (Lipinski definition) is 6. The maximum absolute atomic E-state index is 14.4. The molecule has 0 bridgehead atoms. The molecule has 2 atom stereocenters. The summed E-state index contributed by atoms with van der Waals surface area (Å²) in [4.78, 5) is 29.6. The van der Waals surface area contributed by atoms with Crippen molar-refractivity contribution in [2.24, 2.45) is 10.7 Å². The first-order chi connectivity index (χ1) is 16.4. The molecule has 10 heteroatoms. The second-order valence-corrected chi connectivity index (χ2v) is 10.1. The molecule has 4 rings (SSSR count). The van der Waals surface area contributed by atoms with E-state index in [-0.39, 0.29) is 29.7 Å². The molecule has 35 heavy (non-hydrogen) atoms. The van der Waals surface area contributed by atoms with Crippen molar-refractivity contribution in [1.29, 1.82) is 0 Å². The average molecular weight is 482 g/mol. The van der Waals surface area contributed by atoms with Crippen LogP contribution >= 0.6 is 0 Å². The van der Waals surface area contributed by atoms with Crippen LogP contribution in [0.25, 0.3) is 5.65 Å². The topological polar surface area (TPSA) is 101 Å². The lowest BCUT2D eigenvalue weighted by Crippen LogP contribution is -2.59. The number of nitrogens with zero attached hydrogens (tertiary/aromatic N) is 6. The van der Waals surface area contributed by atoms with Crippen molar-refractivity contribution in [2.45, 2.75) is 59.2 Å². The molecule has 1 aliphatic heterocycles. The Morgan fingerprint density at radius 1 is 1.20 bits per heavy atom. The van der Waals surface area contributed by atoms with E-state index >= 15 is 0 Å². The first-order valence-electron chi connectivity index (χ1n) is 11.6. The zero-order chi connectivity index (χ0) is 25.5. The summed E-state index contributed by atoms with van der Waals surface area (Å²) in [7, 11) is 0. The van der Waals surface area contributed by atoms with Crippen molar-refractivity contribution >= 4 is 29.1 Å². The Morgan fingerprint density at radius 2 is 1.89 bits per heavy atom. The number of aryl methyl sites for hydroxylation is 1. The fourth-order valence-electron chi connectivity index (χ4n) is 4.35. The SMILES string of the molecule is Cc1cn2cc(C(N)=Nc3ccc(N4CC(C)N(C(=O)OC(C)(C)C)C(C)C4)cn3)cc(F)c2n1. The molecule has 1 aliphatic rings. The number of imidazole rings is 1. The minimum Gasteiger partial charge on any atom is -0.444 e. The Bertz CT molecular complexity index is 1250. The van der Waals surface area contributed by atoms with Crippen LogP contribution < -0.4 is 10.6 Å². The van der Waals surface area contributed by atoms with Gasteiger partial charge in [0.2, 0.25) is 0 Å². The van der Waals surface area contributed by atoms with E-state index in [1.54, 1.807) is 40.9 Å². The second-order valence-electron chi connectivity index (χ2n) is 10.1. The van der Waals surface area contributed by atoms with Crippen LogP contribution in [-0.4, -0.2) is 62.0 Å². The van der Waals surface area contributed by atoms with Crippen molar-refractivity contribution < 1.29 is 13.9 Å². The van der Waals surface area contributed by atoms with Crippen LogP contribution in [0.1, 0.15) is 45.9 Å². The number of carbonyl (C=O) groups is 1. The average Bonchev–Trinajstić information content (AvgIpc) is 3.13. The van der Waals surface area contributed by atoms with E-state index in [1.807, 2.05) is 40.7 Å². The van der Waals surface area contributed by atoms with Crippen molar-refractivity contribution in [3.63, 3.8) is 0 Å². The lowest BCUT2D eigenvalue weighted by Gasteiger charge is -2.45. The summed E-state index contributed by atoms with van der Waals surface area (Å²) in [5.74, 6) is 0.110. The zero-order valence-electron chi connectivity index (χ0n) is 21.0. The number of aliphatic imine (C=N–C) groups is 1. The monoisotopic (exact) mass is 481 g/mol. The van der Waals surface area contributed by atoms with Gasteiger partial charge in [0, 0.05) is 31.0 Å². The van der Waals surface area contributed by atoms with Gasteiger partial charge in [-0.05, 0) is 59.7 Å². The van der Waals surface area contributed by atoms with Crippen LogP contribution in [0.3, 0.4) is 0 Å². The van der Waals surface area contributed by atoms with E-state index < -0.39 is 11.4 Å². The lowest BCUT2D eigenvalue weighted by molar-refractivity contribution is 0.00566. The molecule has 0 radical (unpaired) electrons. The fourth-order valence-corrected chi connectivity index (χ4v) is 4.35. The molecule has 1 saturated heterocycles. The Balaban J connectivity index is 1.47. The number of hydrogen-bond donors (Lipinski definition) is 1. The molecule has 3 aromatic heterocycles. The highest BCUT2D eigenvalue weighted by Gasteiger charge is 2.35. The molecular formula is C25H32FN7O2. The summed E-state index contributed by atoms with van der Waals surface area (Å²) in [5.41, 5.74) is 7.94. The molecule has 1 amide bonds. The molecule has 2 unspecified atom stereocenters. The van der Waals surface area contributed by atoms with Crippen molar-refractivity contribution in [2.75, 3.05) is 18.0 Å². The summed E-state index contributed by atoms with van der Waals surface area (Å²) in [5, 5.41) is 0. The maximum atomic E-state index is 14.4. The predicted molar refractivity (Wildman–Crippen MR) is 134 cm³/mol. The van der Waals surface area contributed by atoms with Gasteiger partial charge in [-0.3, -0.25) is 4.90 Å². The van der Waals surface area contributed by atoms with Gasteiger partial charge in [0.15, 0.2) is 17.3 Å². The standard InChI is InChI=1S/C25H32FN7O2/c1-15-11-32-14-18(9-20(26)23(32)29-15)22(27)30-21-8-7-19(10-28-21)31-12-16(2)33(17(3)13-31)24(34)35-25(4,5)6/h7-11,14,16-17H,12-13H2,1-6H3,(H2,27,28,30). The molecule has 0 spiro atoms. The van der Waals surface area contributed by atoms with Crippen LogP contribution in [0, 0.1) is 12.7 Å². The van der Waals surface area contributed by atoms with E-state index in [1.165, 1.54) is 6.07 Å². The van der Waals surface area contributed by atoms with E-state index in [4.69, 9.17) is 10.5 Å². The summed E-state index contributed by atoms with van der Waals surface area (Å²) >= 11 is 0. The van der Waals surface area contributed by atoms with Gasteiger partial charge in [0.05, 0.1) is 29.7 Å². The predicted octanol–water partition coefficient (Wildman–Crippen LogP) is 4.05. The Labute approximate surface area is 204 Å². The van der Waals surface area contributed by atoms with Crippen LogP contribution in [0.2, 0.25) is 0 Å². The molecule has 1 fully saturated rings. The number of amidine groups is 1. The number of pyridine rings is 2. The number of ether oxygens (including phenoxy) is 1. The molecule has 186 valence electrons. The summed E-state index contributed by atoms with van der Waals surface area (Å²) in [6.45, 7) is 12.7. The highest BCUT2D eigenvalue weighted by molar-refractivity contribution is 5.98. The number of rotatable bonds is 3. The largest absolute Gasteiger partial charge is 0.444 e.